The number of carbonyl (C=O) groups excluding carboxylic acids is 3. The number of aliphatic hydroxyl groups excluding tert-OH is 2. The molecule has 6 aliphatic rings. The summed E-state index contributed by atoms with van der Waals surface area (Å²) in [5.74, 6) is 0.738. The standard InChI is InChI=1S/C17H26N2O3.C14H19NO3.C13H17NO3.C11H16N2O2.C7H15N.C7H6O4.C6H13NO.CH3I/c1-12-7-9-13(10-8-12)19-11-5-6-14(15(19)20)18-16(21)22-17(2,3)4;1-10-5-7-11(8-6-10)15-9-3-4-12(13(15)16)14(17)18-2;1-9-4-6-10(7-5-9)14-8-2-3-11(12(14)15)13(16)17;12-10-2-1-7-13(11(10)15)8-3-5-9(14)6-4-8;1-6-2-4-7(8)5-3-6;1-10-6(8)5-3-2-4-11-7(5)9;7-5-1-3-6(8)4-2-5;1-2/h5-6,11-13H,7-10H2,1-4H3,(H,18,21);3-4,9-11H,5-8H2,1-2H3;2-3,8-10H,4-7H2,1H3,(H,16,17);1-2,7-9,14H,3-6,12H2;6-7H,2-5,8H2,1H3;2-4H,1H3;5-6,8H,1-4,7H2;1H3. The van der Waals surface area contributed by atoms with E-state index in [9.17, 15) is 48.3 Å². The summed E-state index contributed by atoms with van der Waals surface area (Å²) >= 11 is 2.15. The molecule has 11 rings (SSSR count). The second-order valence-electron chi connectivity index (χ2n) is 28.6. The first-order chi connectivity index (χ1) is 48.0. The molecule has 0 spiro atoms. The number of hydrogen-bond donors (Lipinski definition) is 7. The zero-order valence-corrected chi connectivity index (χ0v) is 63.3. The van der Waals surface area contributed by atoms with Gasteiger partial charge in [-0.25, -0.2) is 24.0 Å². The number of anilines is 2. The molecule has 0 aliphatic heterocycles. The van der Waals surface area contributed by atoms with Gasteiger partial charge in [0.2, 0.25) is 0 Å². The summed E-state index contributed by atoms with van der Waals surface area (Å²) in [6.07, 6.45) is 32.4. The number of esters is 2. The van der Waals surface area contributed by atoms with E-state index in [1.165, 1.54) is 70.4 Å². The Bertz CT molecular complexity index is 3570. The Morgan fingerprint density at radius 3 is 1.19 bits per heavy atom. The van der Waals surface area contributed by atoms with Crippen LogP contribution in [0.4, 0.5) is 16.2 Å². The maximum absolute atomic E-state index is 12.5. The molecule has 101 heavy (non-hydrogen) atoms. The number of aromatic nitrogens is 4. The summed E-state index contributed by atoms with van der Waals surface area (Å²) in [7, 11) is 2.50. The third-order valence-corrected chi connectivity index (χ3v) is 19.3. The molecule has 0 aromatic carbocycles. The van der Waals surface area contributed by atoms with Gasteiger partial charge < -0.3 is 69.4 Å². The number of alkyl halides is 1. The fourth-order valence-electron chi connectivity index (χ4n) is 13.1. The van der Waals surface area contributed by atoms with Gasteiger partial charge in [-0.1, -0.05) is 50.3 Å². The Morgan fingerprint density at radius 1 is 0.475 bits per heavy atom. The topological polar surface area (TPSA) is 365 Å². The zero-order valence-electron chi connectivity index (χ0n) is 61.1. The molecule has 0 atom stereocenters. The lowest BCUT2D eigenvalue weighted by Crippen LogP contribution is -2.32. The summed E-state index contributed by atoms with van der Waals surface area (Å²) < 4.78 is 25.3. The number of nitrogens with zero attached hydrogens (tertiary/aromatic N) is 4. The monoisotopic (exact) mass is 1520 g/mol. The molecule has 5 aromatic heterocycles. The fraction of sp³-hybridized carbons (Fsp3) is 0.618. The SMILES string of the molecule is CC1CCC(N)CC1.CC1CCC(n2cccc(C(=O)O)c2=O)CC1.CC1CCC(n2cccc(NC(=O)OC(C)(C)C)c2=O)CC1.CI.COC(=O)c1cccn(C2CCC(C)CC2)c1=O.COC(=O)c1cccoc1=O.NC1CCC(O)CC1.Nc1cccn(C2CCC(O)CC2)c1=O. The smallest absolute Gasteiger partial charge is 0.412 e. The van der Waals surface area contributed by atoms with Gasteiger partial charge in [-0.15, -0.1) is 0 Å². The number of methoxy groups -OCH3 is 2. The van der Waals surface area contributed by atoms with E-state index in [4.69, 9.17) is 32.2 Å². The van der Waals surface area contributed by atoms with E-state index in [1.54, 1.807) is 94.0 Å². The number of carbonyl (C=O) groups is 4. The number of nitrogens with one attached hydrogen (secondary N) is 1. The molecule has 0 unspecified atom stereocenters. The first-order valence-corrected chi connectivity index (χ1v) is 38.0. The third-order valence-electron chi connectivity index (χ3n) is 19.3. The van der Waals surface area contributed by atoms with Crippen LogP contribution in [0.1, 0.15) is 258 Å². The van der Waals surface area contributed by atoms with Crippen LogP contribution in [0.2, 0.25) is 0 Å². The molecule has 6 fully saturated rings. The summed E-state index contributed by atoms with van der Waals surface area (Å²) in [6, 6.07) is 17.6. The molecule has 5 aromatic rings. The number of aliphatic hydroxyl groups is 2. The van der Waals surface area contributed by atoms with Crippen molar-refractivity contribution in [2.75, 3.05) is 30.2 Å². The molecule has 25 heteroatoms. The Labute approximate surface area is 608 Å². The number of carboxylic acids is 1. The quantitative estimate of drug-likeness (QED) is 0.0328. The Balaban J connectivity index is 0.000000255. The van der Waals surface area contributed by atoms with Crippen LogP contribution in [0.3, 0.4) is 0 Å². The molecule has 10 N–H and O–H groups in total. The average molecular weight is 1520 g/mol. The molecule has 0 radical (unpaired) electrons. The maximum Gasteiger partial charge on any atom is 0.412 e. The molecule has 24 nitrogen and oxygen atoms in total. The normalized spacial score (nSPS) is 24.5. The highest BCUT2D eigenvalue weighted by Gasteiger charge is 2.27. The number of aromatic carboxylic acids is 1. The van der Waals surface area contributed by atoms with Crippen LogP contribution in [0.25, 0.3) is 0 Å². The van der Waals surface area contributed by atoms with Crippen LogP contribution in [-0.4, -0.2) is 107 Å². The van der Waals surface area contributed by atoms with Gasteiger partial charge in [-0.2, -0.15) is 0 Å². The predicted molar refractivity (Wildman–Crippen MR) is 403 cm³/mol. The number of ether oxygens (including phenoxy) is 3. The van der Waals surface area contributed by atoms with Gasteiger partial charge in [-0.3, -0.25) is 24.5 Å². The van der Waals surface area contributed by atoms with Gasteiger partial charge in [-0.05, 0) is 264 Å². The number of hydrogen-bond acceptors (Lipinski definition) is 18. The third kappa shape index (κ3) is 29.6. The lowest BCUT2D eigenvalue weighted by Gasteiger charge is -2.28. The zero-order chi connectivity index (χ0) is 74.9. The Kier molecular flexibility index (Phi) is 37.8. The minimum Gasteiger partial charge on any atom is -0.477 e. The molecule has 6 saturated carbocycles. The minimum atomic E-state index is -1.14. The summed E-state index contributed by atoms with van der Waals surface area (Å²) in [5, 5.41) is 29.8. The van der Waals surface area contributed by atoms with Crippen molar-refractivity contribution in [1.82, 2.24) is 18.3 Å². The summed E-state index contributed by atoms with van der Waals surface area (Å²) in [5.41, 5.74) is 15.2. The van der Waals surface area contributed by atoms with Crippen molar-refractivity contribution in [3.8, 4) is 0 Å². The molecule has 5 heterocycles. The van der Waals surface area contributed by atoms with Crippen molar-refractivity contribution < 1.29 is 53.1 Å². The first-order valence-electron chi connectivity index (χ1n) is 35.8. The van der Waals surface area contributed by atoms with Crippen LogP contribution in [0.15, 0.2) is 120 Å². The Hall–Kier alpha value is -7.20. The summed E-state index contributed by atoms with van der Waals surface area (Å²) in [4.78, 5) is 106. The fourth-order valence-corrected chi connectivity index (χ4v) is 13.1. The van der Waals surface area contributed by atoms with Crippen LogP contribution >= 0.6 is 22.6 Å². The van der Waals surface area contributed by atoms with Crippen LogP contribution in [-0.2, 0) is 14.2 Å². The number of halogens is 1. The lowest BCUT2D eigenvalue weighted by molar-refractivity contribution is 0.0587. The molecule has 562 valence electrons. The van der Waals surface area contributed by atoms with Crippen LogP contribution < -0.4 is 50.4 Å². The van der Waals surface area contributed by atoms with E-state index in [0.717, 1.165) is 146 Å². The molecule has 0 saturated heterocycles. The number of carboxylic acid groups (broad SMARTS) is 1. The molecular weight excluding hydrogens is 1410 g/mol. The minimum absolute atomic E-state index is 0.0604. The van der Waals surface area contributed by atoms with Gasteiger partial charge in [0.15, 0.2) is 0 Å². The predicted octanol–water partition coefficient (Wildman–Crippen LogP) is 12.8. The number of amides is 1. The average Bonchev–Trinajstić information content (AvgIpc) is 0.853. The summed E-state index contributed by atoms with van der Waals surface area (Å²) in [6.45, 7) is 14.4. The van der Waals surface area contributed by atoms with E-state index < -0.39 is 35.2 Å². The van der Waals surface area contributed by atoms with Crippen molar-refractivity contribution in [2.45, 2.75) is 257 Å². The number of nitrogens with two attached hydrogens (primary N) is 3. The Morgan fingerprint density at radius 2 is 0.802 bits per heavy atom. The second-order valence-corrected chi connectivity index (χ2v) is 28.6. The number of pyridine rings is 4. The molecule has 0 bridgehead atoms. The second kappa shape index (κ2) is 44.3. The molecular formula is C76H115IN8O16. The number of nitrogen functional groups attached to an aromatic ring is 1. The maximum atomic E-state index is 12.5. The highest BCUT2D eigenvalue weighted by Crippen LogP contribution is 2.34. The van der Waals surface area contributed by atoms with Crippen molar-refractivity contribution in [2.24, 2.45) is 35.1 Å². The van der Waals surface area contributed by atoms with Gasteiger partial charge in [0.25, 0.3) is 22.2 Å². The van der Waals surface area contributed by atoms with E-state index in [0.29, 0.717) is 23.7 Å². The van der Waals surface area contributed by atoms with E-state index in [-0.39, 0.29) is 81.0 Å². The highest BCUT2D eigenvalue weighted by molar-refractivity contribution is 14.1. The van der Waals surface area contributed by atoms with E-state index in [1.807, 2.05) is 11.1 Å². The van der Waals surface area contributed by atoms with Gasteiger partial charge >= 0.3 is 29.6 Å². The molecule has 6 aliphatic carbocycles. The van der Waals surface area contributed by atoms with Gasteiger partial charge in [0, 0.05) is 61.0 Å². The van der Waals surface area contributed by atoms with Crippen molar-refractivity contribution in [3.63, 3.8) is 0 Å². The van der Waals surface area contributed by atoms with Crippen LogP contribution in [0, 0.1) is 23.7 Å². The van der Waals surface area contributed by atoms with E-state index >= 15 is 0 Å². The largest absolute Gasteiger partial charge is 0.477 e. The molecule has 1 amide bonds. The van der Waals surface area contributed by atoms with E-state index in [2.05, 4.69) is 69.5 Å². The first kappa shape index (κ1) is 86.2. The van der Waals surface area contributed by atoms with Gasteiger partial charge in [0.05, 0.1) is 38.4 Å². The van der Waals surface area contributed by atoms with Crippen molar-refractivity contribution >= 4 is 58.0 Å². The number of rotatable bonds is 8. The van der Waals surface area contributed by atoms with Gasteiger partial charge in [0.1, 0.15) is 28.0 Å². The van der Waals surface area contributed by atoms with Crippen LogP contribution in [0.5, 0.6) is 0 Å². The lowest BCUT2D eigenvalue weighted by atomic mass is 9.87. The van der Waals surface area contributed by atoms with Crippen molar-refractivity contribution in [3.05, 3.63) is 160 Å². The highest BCUT2D eigenvalue weighted by atomic mass is 127. The van der Waals surface area contributed by atoms with Crippen molar-refractivity contribution in [1.29, 1.82) is 0 Å².